The van der Waals surface area contributed by atoms with Gasteiger partial charge in [-0.15, -0.1) is 0 Å². The summed E-state index contributed by atoms with van der Waals surface area (Å²) in [6.45, 7) is 14.0. The Morgan fingerprint density at radius 2 is 1.29 bits per heavy atom. The molecule has 2 aromatic rings. The molecular formula is C30H36Si. The van der Waals surface area contributed by atoms with Crippen LogP contribution in [0.1, 0.15) is 48.0 Å². The number of allylic oxidation sites excluding steroid dienone is 8. The van der Waals surface area contributed by atoms with E-state index < -0.39 is 8.07 Å². The molecule has 1 atom stereocenters. The van der Waals surface area contributed by atoms with E-state index >= 15 is 0 Å². The van der Waals surface area contributed by atoms with Crippen molar-refractivity contribution in [1.29, 1.82) is 0 Å². The Bertz CT molecular complexity index is 1010. The van der Waals surface area contributed by atoms with Crippen molar-refractivity contribution in [3.05, 3.63) is 107 Å². The van der Waals surface area contributed by atoms with Gasteiger partial charge in [-0.25, -0.2) is 0 Å². The van der Waals surface area contributed by atoms with Crippen molar-refractivity contribution in [3.8, 4) is 0 Å². The minimum absolute atomic E-state index is 0.162. The van der Waals surface area contributed by atoms with Crippen LogP contribution in [0.5, 0.6) is 0 Å². The van der Waals surface area contributed by atoms with Crippen LogP contribution < -0.4 is 10.4 Å². The van der Waals surface area contributed by atoms with Crippen LogP contribution in [0.4, 0.5) is 0 Å². The fraction of sp³-hybridized carbons (Fsp3) is 0.333. The van der Waals surface area contributed by atoms with Crippen LogP contribution in [0.2, 0.25) is 5.54 Å². The molecule has 0 heterocycles. The average Bonchev–Trinajstić information content (AvgIpc) is 3.41. The van der Waals surface area contributed by atoms with Crippen molar-refractivity contribution in [1.82, 2.24) is 0 Å². The molecule has 0 amide bonds. The molecule has 2 aromatic carbocycles. The van der Waals surface area contributed by atoms with Crippen molar-refractivity contribution < 1.29 is 0 Å². The standard InChI is InChI=1S/C30H36Si/c1-29(2,3)23-17-19-27(21-23)31(25-13-9-7-10-14-25,26-15-11-8-12-16-26)28-20-18-24(22-28)30(4,5)6/h7-17,19-22,27H,18H2,1-6H3. The van der Waals surface area contributed by atoms with Crippen molar-refractivity contribution >= 4 is 18.4 Å². The molecule has 0 N–H and O–H groups in total. The summed E-state index contributed by atoms with van der Waals surface area (Å²) >= 11 is 0. The number of rotatable bonds is 4. The number of benzene rings is 2. The van der Waals surface area contributed by atoms with Gasteiger partial charge in [0.05, 0.1) is 0 Å². The molecule has 0 spiro atoms. The third-order valence-electron chi connectivity index (χ3n) is 6.96. The molecule has 0 saturated carbocycles. The summed E-state index contributed by atoms with van der Waals surface area (Å²) in [5, 5.41) is 4.57. The zero-order chi connectivity index (χ0) is 22.3. The van der Waals surface area contributed by atoms with E-state index in [0.717, 1.165) is 6.42 Å². The second-order valence-electron chi connectivity index (χ2n) is 11.1. The smallest absolute Gasteiger partial charge is 0.0804 e. The van der Waals surface area contributed by atoms with Gasteiger partial charge >= 0.3 is 0 Å². The van der Waals surface area contributed by atoms with Crippen LogP contribution >= 0.6 is 0 Å². The maximum absolute atomic E-state index is 2.58. The molecule has 4 rings (SSSR count). The number of hydrogen-bond donors (Lipinski definition) is 0. The molecule has 0 aromatic heterocycles. The normalized spacial score (nSPS) is 19.3. The molecule has 1 unspecified atom stereocenters. The zero-order valence-electron chi connectivity index (χ0n) is 19.9. The van der Waals surface area contributed by atoms with Crippen LogP contribution in [-0.2, 0) is 0 Å². The van der Waals surface area contributed by atoms with E-state index in [1.54, 1.807) is 10.8 Å². The summed E-state index contributed by atoms with van der Waals surface area (Å²) < 4.78 is 0. The van der Waals surface area contributed by atoms with Gasteiger partial charge in [-0.3, -0.25) is 0 Å². The molecular weight excluding hydrogens is 388 g/mol. The molecule has 0 radical (unpaired) electrons. The predicted molar refractivity (Wildman–Crippen MR) is 139 cm³/mol. The molecule has 31 heavy (non-hydrogen) atoms. The summed E-state index contributed by atoms with van der Waals surface area (Å²) in [5.41, 5.74) is 3.78. The fourth-order valence-electron chi connectivity index (χ4n) is 5.08. The van der Waals surface area contributed by atoms with Gasteiger partial charge in [0.15, 0.2) is 8.07 Å². The van der Waals surface area contributed by atoms with Gasteiger partial charge in [-0.1, -0.05) is 143 Å². The molecule has 0 nitrogen and oxygen atoms in total. The van der Waals surface area contributed by atoms with Gasteiger partial charge in [0.2, 0.25) is 0 Å². The van der Waals surface area contributed by atoms with E-state index in [1.807, 2.05) is 0 Å². The monoisotopic (exact) mass is 424 g/mol. The molecule has 0 bridgehead atoms. The third-order valence-corrected chi connectivity index (χ3v) is 12.1. The second kappa shape index (κ2) is 7.95. The average molecular weight is 425 g/mol. The highest BCUT2D eigenvalue weighted by molar-refractivity contribution is 7.09. The van der Waals surface area contributed by atoms with Crippen LogP contribution in [0.15, 0.2) is 107 Å². The van der Waals surface area contributed by atoms with Crippen molar-refractivity contribution in [2.75, 3.05) is 0 Å². The van der Waals surface area contributed by atoms with Gasteiger partial charge in [-0.2, -0.15) is 0 Å². The van der Waals surface area contributed by atoms with E-state index in [2.05, 4.69) is 133 Å². The topological polar surface area (TPSA) is 0 Å². The van der Waals surface area contributed by atoms with Gasteiger partial charge in [0.25, 0.3) is 0 Å². The largest absolute Gasteiger partial charge is 0.158 e. The molecule has 0 fully saturated rings. The van der Waals surface area contributed by atoms with E-state index in [-0.39, 0.29) is 10.8 Å². The van der Waals surface area contributed by atoms with E-state index in [9.17, 15) is 0 Å². The van der Waals surface area contributed by atoms with Crippen molar-refractivity contribution in [2.24, 2.45) is 10.8 Å². The van der Waals surface area contributed by atoms with Crippen molar-refractivity contribution in [2.45, 2.75) is 53.5 Å². The van der Waals surface area contributed by atoms with Crippen LogP contribution in [0.25, 0.3) is 0 Å². The summed E-state index contributed by atoms with van der Waals surface area (Å²) in [4.78, 5) is 0. The van der Waals surface area contributed by atoms with Crippen LogP contribution in [0, 0.1) is 10.8 Å². The highest BCUT2D eigenvalue weighted by Crippen LogP contribution is 2.44. The summed E-state index contributed by atoms with van der Waals surface area (Å²) in [6.07, 6.45) is 13.6. The quantitative estimate of drug-likeness (QED) is 0.463. The summed E-state index contributed by atoms with van der Waals surface area (Å²) in [6, 6.07) is 22.7. The number of hydrogen-bond acceptors (Lipinski definition) is 0. The van der Waals surface area contributed by atoms with Crippen LogP contribution in [0.3, 0.4) is 0 Å². The second-order valence-corrected chi connectivity index (χ2v) is 15.1. The molecule has 0 aliphatic heterocycles. The lowest BCUT2D eigenvalue weighted by Crippen LogP contribution is -2.62. The Balaban J connectivity index is 2.00. The highest BCUT2D eigenvalue weighted by Gasteiger charge is 2.47. The van der Waals surface area contributed by atoms with E-state index in [4.69, 9.17) is 0 Å². The van der Waals surface area contributed by atoms with Gasteiger partial charge in [0, 0.05) is 5.54 Å². The maximum atomic E-state index is 2.58. The maximum Gasteiger partial charge on any atom is 0.158 e. The SMILES string of the molecule is CC(C)(C)C1=CC([Si](C2=CCC(C(C)(C)C)=C2)(c2ccccc2)c2ccccc2)C=C1. The lowest BCUT2D eigenvalue weighted by molar-refractivity contribution is 0.496. The van der Waals surface area contributed by atoms with Gasteiger partial charge in [-0.05, 0) is 33.2 Å². The summed E-state index contributed by atoms with van der Waals surface area (Å²) in [7, 11) is -2.30. The van der Waals surface area contributed by atoms with Crippen LogP contribution in [-0.4, -0.2) is 8.07 Å². The first-order valence-corrected chi connectivity index (χ1v) is 13.6. The van der Waals surface area contributed by atoms with E-state index in [0.29, 0.717) is 5.54 Å². The minimum Gasteiger partial charge on any atom is -0.0804 e. The van der Waals surface area contributed by atoms with E-state index in [1.165, 1.54) is 15.9 Å². The Hall–Kier alpha value is -2.38. The predicted octanol–water partition coefficient (Wildman–Crippen LogP) is 7.00. The lowest BCUT2D eigenvalue weighted by Gasteiger charge is -2.38. The zero-order valence-corrected chi connectivity index (χ0v) is 20.9. The molecule has 1 heteroatoms. The Morgan fingerprint density at radius 1 is 0.742 bits per heavy atom. The van der Waals surface area contributed by atoms with Crippen molar-refractivity contribution in [3.63, 3.8) is 0 Å². The molecule has 2 aliphatic rings. The fourth-order valence-corrected chi connectivity index (χ4v) is 10.3. The lowest BCUT2D eigenvalue weighted by atomic mass is 9.86. The summed E-state index contributed by atoms with van der Waals surface area (Å²) in [5.74, 6) is 0. The molecule has 160 valence electrons. The van der Waals surface area contributed by atoms with Gasteiger partial charge < -0.3 is 0 Å². The Morgan fingerprint density at radius 3 is 1.71 bits per heavy atom. The third kappa shape index (κ3) is 3.96. The first-order valence-electron chi connectivity index (χ1n) is 11.6. The van der Waals surface area contributed by atoms with Gasteiger partial charge in [0.1, 0.15) is 0 Å². The highest BCUT2D eigenvalue weighted by atomic mass is 28.3. The first kappa shape index (κ1) is 21.8. The Kier molecular flexibility index (Phi) is 5.60. The molecule has 2 aliphatic carbocycles. The molecule has 0 saturated heterocycles. The minimum atomic E-state index is -2.30. The Labute approximate surface area is 190 Å². The first-order chi connectivity index (χ1) is 14.6.